The summed E-state index contributed by atoms with van der Waals surface area (Å²) in [5, 5.41) is 0. The van der Waals surface area contributed by atoms with Crippen molar-refractivity contribution in [1.82, 2.24) is 14.9 Å². The SMILES string of the molecule is Cc1ncc(-c2ccc(F)cc2)c(C2CCCN(C3CCSC3)C2)n1. The lowest BCUT2D eigenvalue weighted by atomic mass is 9.89. The number of benzene rings is 1. The van der Waals surface area contributed by atoms with Crippen LogP contribution in [0.2, 0.25) is 0 Å². The van der Waals surface area contributed by atoms with E-state index in [4.69, 9.17) is 4.98 Å². The summed E-state index contributed by atoms with van der Waals surface area (Å²) in [6.07, 6.45) is 5.61. The van der Waals surface area contributed by atoms with E-state index in [1.807, 2.05) is 25.3 Å². The van der Waals surface area contributed by atoms with Crippen molar-refractivity contribution in [3.05, 3.63) is 47.8 Å². The highest BCUT2D eigenvalue weighted by Crippen LogP contribution is 2.35. The lowest BCUT2D eigenvalue weighted by Crippen LogP contribution is -2.42. The van der Waals surface area contributed by atoms with Crippen molar-refractivity contribution in [3.8, 4) is 11.1 Å². The van der Waals surface area contributed by atoms with Crippen LogP contribution in [0.15, 0.2) is 30.5 Å². The smallest absolute Gasteiger partial charge is 0.125 e. The van der Waals surface area contributed by atoms with Gasteiger partial charge in [0, 0.05) is 36.0 Å². The van der Waals surface area contributed by atoms with Crippen molar-refractivity contribution in [2.45, 2.75) is 38.1 Å². The summed E-state index contributed by atoms with van der Waals surface area (Å²) in [6.45, 7) is 4.24. The molecule has 2 saturated heterocycles. The van der Waals surface area contributed by atoms with Crippen LogP contribution in [0.4, 0.5) is 4.39 Å². The molecule has 0 N–H and O–H groups in total. The molecule has 25 heavy (non-hydrogen) atoms. The number of nitrogens with zero attached hydrogens (tertiary/aromatic N) is 3. The Labute approximate surface area is 153 Å². The molecule has 2 unspecified atom stereocenters. The fourth-order valence-electron chi connectivity index (χ4n) is 4.02. The van der Waals surface area contributed by atoms with Gasteiger partial charge in [0.25, 0.3) is 0 Å². The van der Waals surface area contributed by atoms with Gasteiger partial charge in [-0.05, 0) is 56.2 Å². The number of aromatic nitrogens is 2. The zero-order valence-corrected chi connectivity index (χ0v) is 15.4. The molecular formula is C20H24FN3S. The van der Waals surface area contributed by atoms with Gasteiger partial charge >= 0.3 is 0 Å². The largest absolute Gasteiger partial charge is 0.299 e. The van der Waals surface area contributed by atoms with Gasteiger partial charge in [0.2, 0.25) is 0 Å². The monoisotopic (exact) mass is 357 g/mol. The van der Waals surface area contributed by atoms with E-state index in [1.165, 1.54) is 49.4 Å². The normalized spacial score (nSPS) is 24.6. The summed E-state index contributed by atoms with van der Waals surface area (Å²) in [5.74, 6) is 3.59. The minimum Gasteiger partial charge on any atom is -0.299 e. The van der Waals surface area contributed by atoms with Crippen LogP contribution in [0.1, 0.15) is 36.7 Å². The molecule has 3 nitrogen and oxygen atoms in total. The first-order valence-corrected chi connectivity index (χ1v) is 10.3. The summed E-state index contributed by atoms with van der Waals surface area (Å²) in [7, 11) is 0. The molecule has 2 aliphatic heterocycles. The minimum absolute atomic E-state index is 0.207. The Morgan fingerprint density at radius 3 is 2.80 bits per heavy atom. The Kier molecular flexibility index (Phi) is 5.04. The van der Waals surface area contributed by atoms with E-state index < -0.39 is 0 Å². The van der Waals surface area contributed by atoms with Gasteiger partial charge in [-0.2, -0.15) is 11.8 Å². The maximum atomic E-state index is 13.3. The average molecular weight is 357 g/mol. The average Bonchev–Trinajstić information content (AvgIpc) is 3.17. The molecule has 132 valence electrons. The predicted molar refractivity (Wildman–Crippen MR) is 101 cm³/mol. The highest BCUT2D eigenvalue weighted by molar-refractivity contribution is 7.99. The van der Waals surface area contributed by atoms with Gasteiger partial charge < -0.3 is 0 Å². The first-order valence-electron chi connectivity index (χ1n) is 9.12. The van der Waals surface area contributed by atoms with Gasteiger partial charge in [-0.25, -0.2) is 14.4 Å². The lowest BCUT2D eigenvalue weighted by Gasteiger charge is -2.36. The number of likely N-dealkylation sites (tertiary alicyclic amines) is 1. The zero-order chi connectivity index (χ0) is 17.2. The molecule has 0 radical (unpaired) electrons. The van der Waals surface area contributed by atoms with Gasteiger partial charge in [0.05, 0.1) is 5.69 Å². The molecule has 4 rings (SSSR count). The maximum absolute atomic E-state index is 13.3. The molecule has 3 heterocycles. The Bertz CT molecular complexity index is 728. The third-order valence-electron chi connectivity index (χ3n) is 5.36. The van der Waals surface area contributed by atoms with E-state index in [-0.39, 0.29) is 5.82 Å². The third kappa shape index (κ3) is 3.72. The number of rotatable bonds is 3. The van der Waals surface area contributed by atoms with E-state index in [0.29, 0.717) is 5.92 Å². The molecule has 0 saturated carbocycles. The molecule has 2 aromatic rings. The number of hydrogen-bond donors (Lipinski definition) is 0. The Morgan fingerprint density at radius 1 is 1.20 bits per heavy atom. The molecule has 5 heteroatoms. The van der Waals surface area contributed by atoms with Crippen LogP contribution < -0.4 is 0 Å². The molecule has 0 aliphatic carbocycles. The van der Waals surface area contributed by atoms with Crippen LogP contribution in [0.5, 0.6) is 0 Å². The van der Waals surface area contributed by atoms with Gasteiger partial charge in [0.1, 0.15) is 11.6 Å². The molecule has 1 aromatic carbocycles. The van der Waals surface area contributed by atoms with Crippen LogP contribution in [0.3, 0.4) is 0 Å². The van der Waals surface area contributed by atoms with E-state index in [0.717, 1.165) is 35.2 Å². The van der Waals surface area contributed by atoms with Gasteiger partial charge in [0.15, 0.2) is 0 Å². The Morgan fingerprint density at radius 2 is 2.04 bits per heavy atom. The number of thioether (sulfide) groups is 1. The summed E-state index contributed by atoms with van der Waals surface area (Å²) >= 11 is 2.07. The van der Waals surface area contributed by atoms with Crippen molar-refractivity contribution in [2.75, 3.05) is 24.6 Å². The van der Waals surface area contributed by atoms with Crippen LogP contribution in [0.25, 0.3) is 11.1 Å². The maximum Gasteiger partial charge on any atom is 0.125 e. The molecule has 0 spiro atoms. The summed E-state index contributed by atoms with van der Waals surface area (Å²) in [5.41, 5.74) is 3.19. The molecule has 2 fully saturated rings. The van der Waals surface area contributed by atoms with Gasteiger partial charge in [-0.15, -0.1) is 0 Å². The fraction of sp³-hybridized carbons (Fsp3) is 0.500. The van der Waals surface area contributed by atoms with E-state index in [9.17, 15) is 4.39 Å². The molecule has 0 bridgehead atoms. The van der Waals surface area contributed by atoms with E-state index >= 15 is 0 Å². The summed E-state index contributed by atoms with van der Waals surface area (Å²) in [6, 6.07) is 7.43. The second-order valence-electron chi connectivity index (χ2n) is 7.07. The van der Waals surface area contributed by atoms with E-state index in [1.54, 1.807) is 0 Å². The molecular weight excluding hydrogens is 333 g/mol. The van der Waals surface area contributed by atoms with Crippen LogP contribution in [-0.4, -0.2) is 45.5 Å². The second-order valence-corrected chi connectivity index (χ2v) is 8.22. The number of aryl methyl sites for hydroxylation is 1. The van der Waals surface area contributed by atoms with Crippen molar-refractivity contribution < 1.29 is 4.39 Å². The van der Waals surface area contributed by atoms with Crippen molar-refractivity contribution in [1.29, 1.82) is 0 Å². The topological polar surface area (TPSA) is 29.0 Å². The molecule has 2 aliphatic rings. The number of halogens is 1. The highest BCUT2D eigenvalue weighted by Gasteiger charge is 2.30. The van der Waals surface area contributed by atoms with Crippen molar-refractivity contribution >= 4 is 11.8 Å². The first-order chi connectivity index (χ1) is 12.2. The minimum atomic E-state index is -0.207. The molecule has 1 aromatic heterocycles. The first kappa shape index (κ1) is 17.0. The second kappa shape index (κ2) is 7.42. The van der Waals surface area contributed by atoms with Crippen LogP contribution in [-0.2, 0) is 0 Å². The number of piperidine rings is 1. The van der Waals surface area contributed by atoms with Gasteiger partial charge in [-0.1, -0.05) is 12.1 Å². The van der Waals surface area contributed by atoms with Crippen LogP contribution in [0, 0.1) is 12.7 Å². The standard InChI is InChI=1S/C20H24FN3S/c1-14-22-11-19(15-4-6-17(21)7-5-15)20(23-14)16-3-2-9-24(12-16)18-8-10-25-13-18/h4-7,11,16,18H,2-3,8-10,12-13H2,1H3. The highest BCUT2D eigenvalue weighted by atomic mass is 32.2. The van der Waals surface area contributed by atoms with Crippen LogP contribution >= 0.6 is 11.8 Å². The van der Waals surface area contributed by atoms with E-state index in [2.05, 4.69) is 21.6 Å². The fourth-order valence-corrected chi connectivity index (χ4v) is 5.28. The molecule has 0 amide bonds. The quantitative estimate of drug-likeness (QED) is 0.820. The Balaban J connectivity index is 1.64. The zero-order valence-electron chi connectivity index (χ0n) is 14.6. The van der Waals surface area contributed by atoms with Crippen molar-refractivity contribution in [2.24, 2.45) is 0 Å². The lowest BCUT2D eigenvalue weighted by molar-refractivity contribution is 0.160. The van der Waals surface area contributed by atoms with Gasteiger partial charge in [-0.3, -0.25) is 4.90 Å². The van der Waals surface area contributed by atoms with Crippen molar-refractivity contribution in [3.63, 3.8) is 0 Å². The Hall–Kier alpha value is -1.46. The third-order valence-corrected chi connectivity index (χ3v) is 6.50. The molecule has 2 atom stereocenters. The summed E-state index contributed by atoms with van der Waals surface area (Å²) < 4.78 is 13.3. The number of hydrogen-bond acceptors (Lipinski definition) is 4. The predicted octanol–water partition coefficient (Wildman–Crippen LogP) is 4.28. The summed E-state index contributed by atoms with van der Waals surface area (Å²) in [4.78, 5) is 11.9.